The van der Waals surface area contributed by atoms with Crippen LogP contribution in [0.4, 0.5) is 10.1 Å². The van der Waals surface area contributed by atoms with Crippen LogP contribution in [0, 0.1) is 12.7 Å². The number of nitrogens with one attached hydrogen (secondary N) is 1. The third kappa shape index (κ3) is 2.88. The highest BCUT2D eigenvalue weighted by atomic mass is 19.1. The topological polar surface area (TPSA) is 29.9 Å². The van der Waals surface area contributed by atoms with E-state index < -0.39 is 0 Å². The lowest BCUT2D eigenvalue weighted by Crippen LogP contribution is -2.09. The maximum absolute atomic E-state index is 13.6. The number of aromatic nitrogens is 2. The van der Waals surface area contributed by atoms with Crippen LogP contribution in [-0.2, 0) is 13.1 Å². The zero-order valence-corrected chi connectivity index (χ0v) is 10.8. The molecule has 0 bridgehead atoms. The monoisotopic (exact) mass is 247 g/mol. The number of halogens is 1. The minimum Gasteiger partial charge on any atom is -0.377 e. The SMILES string of the molecule is CCCn1nccc1CNc1ccc(C)cc1F. The van der Waals surface area contributed by atoms with Crippen LogP contribution >= 0.6 is 0 Å². The third-order valence-electron chi connectivity index (χ3n) is 2.82. The lowest BCUT2D eigenvalue weighted by Gasteiger charge is -2.10. The molecule has 2 rings (SSSR count). The lowest BCUT2D eigenvalue weighted by molar-refractivity contribution is 0.577. The summed E-state index contributed by atoms with van der Waals surface area (Å²) in [4.78, 5) is 0. The number of nitrogens with zero attached hydrogens (tertiary/aromatic N) is 2. The van der Waals surface area contributed by atoms with E-state index in [1.54, 1.807) is 12.3 Å². The molecule has 0 atom stereocenters. The van der Waals surface area contributed by atoms with Crippen LogP contribution in [0.1, 0.15) is 24.6 Å². The van der Waals surface area contributed by atoms with Gasteiger partial charge < -0.3 is 5.32 Å². The van der Waals surface area contributed by atoms with Gasteiger partial charge in [0.1, 0.15) is 5.82 Å². The molecular weight excluding hydrogens is 229 g/mol. The van der Waals surface area contributed by atoms with Gasteiger partial charge in [-0.2, -0.15) is 5.10 Å². The van der Waals surface area contributed by atoms with E-state index in [1.165, 1.54) is 6.07 Å². The summed E-state index contributed by atoms with van der Waals surface area (Å²) in [6.45, 7) is 5.46. The molecule has 0 saturated carbocycles. The summed E-state index contributed by atoms with van der Waals surface area (Å²) in [7, 11) is 0. The van der Waals surface area contributed by atoms with Gasteiger partial charge in [0.25, 0.3) is 0 Å². The van der Waals surface area contributed by atoms with E-state index in [4.69, 9.17) is 0 Å². The van der Waals surface area contributed by atoms with Gasteiger partial charge in [0, 0.05) is 12.7 Å². The molecule has 0 radical (unpaired) electrons. The Labute approximate surface area is 107 Å². The molecule has 0 spiro atoms. The van der Waals surface area contributed by atoms with E-state index in [0.717, 1.165) is 24.2 Å². The van der Waals surface area contributed by atoms with Crippen molar-refractivity contribution in [2.24, 2.45) is 0 Å². The zero-order chi connectivity index (χ0) is 13.0. The summed E-state index contributed by atoms with van der Waals surface area (Å²) in [6, 6.07) is 7.15. The first-order valence-corrected chi connectivity index (χ1v) is 6.21. The molecule has 0 amide bonds. The first-order valence-electron chi connectivity index (χ1n) is 6.21. The molecular formula is C14H18FN3. The highest BCUT2D eigenvalue weighted by Crippen LogP contribution is 2.16. The molecule has 18 heavy (non-hydrogen) atoms. The first-order chi connectivity index (χ1) is 8.70. The summed E-state index contributed by atoms with van der Waals surface area (Å²) in [6.07, 6.45) is 2.81. The van der Waals surface area contributed by atoms with E-state index in [1.807, 2.05) is 23.7 Å². The molecule has 1 aromatic carbocycles. The minimum absolute atomic E-state index is 0.212. The van der Waals surface area contributed by atoms with Gasteiger partial charge in [-0.3, -0.25) is 4.68 Å². The number of anilines is 1. The summed E-state index contributed by atoms with van der Waals surface area (Å²) >= 11 is 0. The molecule has 1 N–H and O–H groups in total. The third-order valence-corrected chi connectivity index (χ3v) is 2.82. The Hall–Kier alpha value is -1.84. The van der Waals surface area contributed by atoms with E-state index in [-0.39, 0.29) is 5.82 Å². The highest BCUT2D eigenvalue weighted by Gasteiger charge is 2.04. The number of hydrogen-bond donors (Lipinski definition) is 1. The second-order valence-corrected chi connectivity index (χ2v) is 4.38. The van der Waals surface area contributed by atoms with Gasteiger partial charge in [-0.1, -0.05) is 13.0 Å². The molecule has 1 heterocycles. The zero-order valence-electron chi connectivity index (χ0n) is 10.8. The van der Waals surface area contributed by atoms with Crippen molar-refractivity contribution in [2.75, 3.05) is 5.32 Å². The molecule has 0 aliphatic rings. The fourth-order valence-electron chi connectivity index (χ4n) is 1.87. The molecule has 1 aromatic heterocycles. The Morgan fingerprint density at radius 3 is 2.89 bits per heavy atom. The second kappa shape index (κ2) is 5.67. The Kier molecular flexibility index (Phi) is 3.97. The van der Waals surface area contributed by atoms with Crippen LogP contribution in [0.15, 0.2) is 30.5 Å². The molecule has 0 saturated heterocycles. The van der Waals surface area contributed by atoms with E-state index in [0.29, 0.717) is 12.2 Å². The van der Waals surface area contributed by atoms with Crippen molar-refractivity contribution in [3.63, 3.8) is 0 Å². The van der Waals surface area contributed by atoms with Gasteiger partial charge in [0.05, 0.1) is 17.9 Å². The minimum atomic E-state index is -0.212. The van der Waals surface area contributed by atoms with Crippen LogP contribution in [0.3, 0.4) is 0 Å². The second-order valence-electron chi connectivity index (χ2n) is 4.38. The molecule has 0 unspecified atom stereocenters. The lowest BCUT2D eigenvalue weighted by atomic mass is 10.2. The standard InChI is InChI=1S/C14H18FN3/c1-3-8-18-12(6-7-17-18)10-16-14-5-4-11(2)9-13(14)15/h4-7,9,16H,3,8,10H2,1-2H3. The van der Waals surface area contributed by atoms with Crippen LogP contribution < -0.4 is 5.32 Å². The van der Waals surface area contributed by atoms with Crippen molar-refractivity contribution in [3.05, 3.63) is 47.5 Å². The normalized spacial score (nSPS) is 10.6. The molecule has 0 aliphatic carbocycles. The highest BCUT2D eigenvalue weighted by molar-refractivity contribution is 5.46. The molecule has 0 fully saturated rings. The fraction of sp³-hybridized carbons (Fsp3) is 0.357. The van der Waals surface area contributed by atoms with Crippen LogP contribution in [0.2, 0.25) is 0 Å². The van der Waals surface area contributed by atoms with Crippen molar-refractivity contribution >= 4 is 5.69 Å². The molecule has 4 heteroatoms. The van der Waals surface area contributed by atoms with E-state index in [9.17, 15) is 4.39 Å². The largest absolute Gasteiger partial charge is 0.377 e. The van der Waals surface area contributed by atoms with Crippen LogP contribution in [-0.4, -0.2) is 9.78 Å². The summed E-state index contributed by atoms with van der Waals surface area (Å²) in [5.41, 5.74) is 2.52. The van der Waals surface area contributed by atoms with Crippen LogP contribution in [0.5, 0.6) is 0 Å². The maximum Gasteiger partial charge on any atom is 0.146 e. The summed E-state index contributed by atoms with van der Waals surface area (Å²) in [5.74, 6) is -0.212. The van der Waals surface area contributed by atoms with Crippen molar-refractivity contribution in [1.29, 1.82) is 0 Å². The summed E-state index contributed by atoms with van der Waals surface area (Å²) < 4.78 is 15.6. The Bertz CT molecular complexity index is 520. The number of rotatable bonds is 5. The predicted octanol–water partition coefficient (Wildman–Crippen LogP) is 3.35. The molecule has 3 nitrogen and oxygen atoms in total. The van der Waals surface area contributed by atoms with Crippen molar-refractivity contribution < 1.29 is 4.39 Å². The quantitative estimate of drug-likeness (QED) is 0.878. The Morgan fingerprint density at radius 2 is 2.17 bits per heavy atom. The number of aryl methyl sites for hydroxylation is 2. The molecule has 0 aliphatic heterocycles. The van der Waals surface area contributed by atoms with Gasteiger partial charge in [-0.05, 0) is 37.1 Å². The Morgan fingerprint density at radius 1 is 1.33 bits per heavy atom. The smallest absolute Gasteiger partial charge is 0.146 e. The van der Waals surface area contributed by atoms with Crippen molar-refractivity contribution in [3.8, 4) is 0 Å². The average molecular weight is 247 g/mol. The fourth-order valence-corrected chi connectivity index (χ4v) is 1.87. The van der Waals surface area contributed by atoms with Gasteiger partial charge in [-0.15, -0.1) is 0 Å². The first kappa shape index (κ1) is 12.6. The van der Waals surface area contributed by atoms with Crippen molar-refractivity contribution in [1.82, 2.24) is 9.78 Å². The van der Waals surface area contributed by atoms with Crippen LogP contribution in [0.25, 0.3) is 0 Å². The summed E-state index contributed by atoms with van der Waals surface area (Å²) in [5, 5.41) is 7.34. The number of benzene rings is 1. The van der Waals surface area contributed by atoms with E-state index in [2.05, 4.69) is 17.3 Å². The average Bonchev–Trinajstić information content (AvgIpc) is 2.76. The van der Waals surface area contributed by atoms with Crippen molar-refractivity contribution in [2.45, 2.75) is 33.4 Å². The predicted molar refractivity (Wildman–Crippen MR) is 71.0 cm³/mol. The molecule has 2 aromatic rings. The van der Waals surface area contributed by atoms with Gasteiger partial charge >= 0.3 is 0 Å². The Balaban J connectivity index is 2.04. The van der Waals surface area contributed by atoms with Gasteiger partial charge in [0.2, 0.25) is 0 Å². The maximum atomic E-state index is 13.6. The van der Waals surface area contributed by atoms with Gasteiger partial charge in [0.15, 0.2) is 0 Å². The van der Waals surface area contributed by atoms with E-state index >= 15 is 0 Å². The van der Waals surface area contributed by atoms with Gasteiger partial charge in [-0.25, -0.2) is 4.39 Å². The molecule has 96 valence electrons. The number of hydrogen-bond acceptors (Lipinski definition) is 2.